The van der Waals surface area contributed by atoms with Gasteiger partial charge in [0.05, 0.1) is 5.69 Å². The molecule has 6 nitrogen and oxygen atoms in total. The third-order valence-electron chi connectivity index (χ3n) is 6.96. The first kappa shape index (κ1) is 26.1. The molecule has 2 aromatic carbocycles. The molecule has 1 N–H and O–H groups in total. The lowest BCUT2D eigenvalue weighted by molar-refractivity contribution is -0.119. The van der Waals surface area contributed by atoms with E-state index < -0.39 is 5.60 Å². The molecule has 4 rings (SSSR count). The third kappa shape index (κ3) is 6.80. The molecule has 2 aliphatic heterocycles. The van der Waals surface area contributed by atoms with Crippen molar-refractivity contribution >= 4 is 17.7 Å². The van der Waals surface area contributed by atoms with Crippen LogP contribution in [0.1, 0.15) is 75.1 Å². The van der Waals surface area contributed by atoms with Gasteiger partial charge in [0.25, 0.3) is 0 Å². The Bertz CT molecular complexity index is 1070. The Morgan fingerprint density at radius 1 is 0.972 bits per heavy atom. The quantitative estimate of drug-likeness (QED) is 0.449. The van der Waals surface area contributed by atoms with Crippen LogP contribution in [-0.4, -0.2) is 47.2 Å². The standard InChI is InChI=1S/C30H40N2O4/c1-30(2,3)36-29(35)31(18-15-22-10-7-12-26(33)21-22)16-6-4-5-9-23-19-24-11-8-17-32-27(34)14-13-25(20-23)28(24)32/h7,10,12,19-21,33H,4-6,8-9,11,13-18H2,1-3H3. The van der Waals surface area contributed by atoms with Crippen LogP contribution in [-0.2, 0) is 35.2 Å². The van der Waals surface area contributed by atoms with Gasteiger partial charge in [0.15, 0.2) is 0 Å². The summed E-state index contributed by atoms with van der Waals surface area (Å²) in [6.45, 7) is 7.73. The molecule has 2 aliphatic rings. The van der Waals surface area contributed by atoms with Gasteiger partial charge < -0.3 is 19.6 Å². The number of phenols is 1. The van der Waals surface area contributed by atoms with Crippen LogP contribution in [0.2, 0.25) is 0 Å². The van der Waals surface area contributed by atoms with E-state index in [2.05, 4.69) is 12.1 Å². The van der Waals surface area contributed by atoms with Crippen LogP contribution in [0.3, 0.4) is 0 Å². The Balaban J connectivity index is 1.30. The van der Waals surface area contributed by atoms with E-state index in [0.717, 1.165) is 57.1 Å². The molecule has 194 valence electrons. The zero-order valence-electron chi connectivity index (χ0n) is 22.0. The molecular weight excluding hydrogens is 452 g/mol. The number of phenolic OH excluding ortho intramolecular Hbond substituents is 1. The van der Waals surface area contributed by atoms with Crippen LogP contribution in [0.15, 0.2) is 36.4 Å². The number of aromatic hydroxyl groups is 1. The van der Waals surface area contributed by atoms with E-state index in [9.17, 15) is 14.7 Å². The van der Waals surface area contributed by atoms with Gasteiger partial charge in [-0.2, -0.15) is 0 Å². The van der Waals surface area contributed by atoms with E-state index >= 15 is 0 Å². The Hall–Kier alpha value is -3.02. The van der Waals surface area contributed by atoms with Gasteiger partial charge in [0.2, 0.25) is 5.91 Å². The summed E-state index contributed by atoms with van der Waals surface area (Å²) in [6, 6.07) is 11.8. The molecule has 0 radical (unpaired) electrons. The number of hydrogen-bond donors (Lipinski definition) is 1. The second-order valence-electron chi connectivity index (χ2n) is 11.1. The summed E-state index contributed by atoms with van der Waals surface area (Å²) in [5.74, 6) is 0.516. The second-order valence-corrected chi connectivity index (χ2v) is 11.1. The van der Waals surface area contributed by atoms with Crippen molar-refractivity contribution in [2.45, 2.75) is 84.2 Å². The van der Waals surface area contributed by atoms with Crippen molar-refractivity contribution < 1.29 is 19.4 Å². The van der Waals surface area contributed by atoms with E-state index in [1.807, 2.05) is 37.8 Å². The number of unbranched alkanes of at least 4 members (excludes halogenated alkanes) is 2. The zero-order chi connectivity index (χ0) is 25.7. The molecular formula is C30H40N2O4. The second kappa shape index (κ2) is 11.4. The highest BCUT2D eigenvalue weighted by molar-refractivity contribution is 5.97. The summed E-state index contributed by atoms with van der Waals surface area (Å²) < 4.78 is 5.65. The number of anilines is 1. The Morgan fingerprint density at radius 2 is 1.75 bits per heavy atom. The van der Waals surface area contributed by atoms with Crippen LogP contribution < -0.4 is 4.90 Å². The monoisotopic (exact) mass is 492 g/mol. The van der Waals surface area contributed by atoms with E-state index in [4.69, 9.17) is 4.74 Å². The summed E-state index contributed by atoms with van der Waals surface area (Å²) in [7, 11) is 0. The van der Waals surface area contributed by atoms with Gasteiger partial charge in [-0.05, 0) is 100 Å². The van der Waals surface area contributed by atoms with Gasteiger partial charge >= 0.3 is 6.09 Å². The van der Waals surface area contributed by atoms with Gasteiger partial charge in [-0.15, -0.1) is 0 Å². The molecule has 36 heavy (non-hydrogen) atoms. The van der Waals surface area contributed by atoms with Crippen molar-refractivity contribution in [3.05, 3.63) is 58.7 Å². The molecule has 6 heteroatoms. The largest absolute Gasteiger partial charge is 0.508 e. The number of ether oxygens (including phenoxy) is 1. The number of nitrogens with zero attached hydrogens (tertiary/aromatic N) is 2. The minimum Gasteiger partial charge on any atom is -0.508 e. The summed E-state index contributed by atoms with van der Waals surface area (Å²) in [4.78, 5) is 28.9. The van der Waals surface area contributed by atoms with E-state index in [-0.39, 0.29) is 17.7 Å². The summed E-state index contributed by atoms with van der Waals surface area (Å²) >= 11 is 0. The molecule has 0 saturated carbocycles. The van der Waals surface area contributed by atoms with Crippen molar-refractivity contribution in [3.8, 4) is 5.75 Å². The Kier molecular flexibility index (Phi) is 8.22. The van der Waals surface area contributed by atoms with Crippen molar-refractivity contribution in [1.82, 2.24) is 4.90 Å². The number of rotatable bonds is 9. The average molecular weight is 493 g/mol. The summed E-state index contributed by atoms with van der Waals surface area (Å²) in [5.41, 5.74) is 5.71. The van der Waals surface area contributed by atoms with Crippen LogP contribution in [0, 0.1) is 0 Å². The van der Waals surface area contributed by atoms with E-state index in [1.54, 1.807) is 17.0 Å². The molecule has 2 amide bonds. The van der Waals surface area contributed by atoms with Gasteiger partial charge in [0, 0.05) is 26.1 Å². The Labute approximate surface area is 215 Å². The molecule has 0 unspecified atom stereocenters. The molecule has 0 saturated heterocycles. The molecule has 2 heterocycles. The normalized spacial score (nSPS) is 15.0. The van der Waals surface area contributed by atoms with Crippen LogP contribution in [0.4, 0.5) is 10.5 Å². The predicted molar refractivity (Wildman–Crippen MR) is 143 cm³/mol. The lowest BCUT2D eigenvalue weighted by atomic mass is 9.88. The van der Waals surface area contributed by atoms with Gasteiger partial charge in [-0.1, -0.05) is 30.7 Å². The highest BCUT2D eigenvalue weighted by Gasteiger charge is 2.29. The SMILES string of the molecule is CC(C)(C)OC(=O)N(CCCCCc1cc2c3c(c1)CCC(=O)N3CCC2)CCc1cccc(O)c1. The highest BCUT2D eigenvalue weighted by atomic mass is 16.6. The third-order valence-corrected chi connectivity index (χ3v) is 6.96. The molecule has 0 aliphatic carbocycles. The minimum atomic E-state index is -0.534. The smallest absolute Gasteiger partial charge is 0.410 e. The maximum absolute atomic E-state index is 12.8. The van der Waals surface area contributed by atoms with Crippen molar-refractivity contribution in [2.75, 3.05) is 24.5 Å². The lowest BCUT2D eigenvalue weighted by Crippen LogP contribution is -2.39. The molecule has 0 atom stereocenters. The maximum Gasteiger partial charge on any atom is 0.410 e. The first-order valence-corrected chi connectivity index (χ1v) is 13.4. The van der Waals surface area contributed by atoms with Crippen molar-refractivity contribution in [3.63, 3.8) is 0 Å². The number of aryl methyl sites for hydroxylation is 3. The van der Waals surface area contributed by atoms with Gasteiger partial charge in [0.1, 0.15) is 11.4 Å². The number of carbonyl (C=O) groups excluding carboxylic acids is 2. The first-order chi connectivity index (χ1) is 17.2. The van der Waals surface area contributed by atoms with Crippen molar-refractivity contribution in [1.29, 1.82) is 0 Å². The summed E-state index contributed by atoms with van der Waals surface area (Å²) in [6.07, 6.45) is 8.01. The maximum atomic E-state index is 12.8. The topological polar surface area (TPSA) is 70.1 Å². The number of amides is 2. The fraction of sp³-hybridized carbons (Fsp3) is 0.533. The van der Waals surface area contributed by atoms with Crippen molar-refractivity contribution in [2.24, 2.45) is 0 Å². The predicted octanol–water partition coefficient (Wildman–Crippen LogP) is 5.81. The molecule has 0 spiro atoms. The van der Waals surface area contributed by atoms with Gasteiger partial charge in [-0.25, -0.2) is 4.79 Å². The van der Waals surface area contributed by atoms with E-state index in [0.29, 0.717) is 25.9 Å². The number of hydrogen-bond acceptors (Lipinski definition) is 4. The van der Waals surface area contributed by atoms with Crippen LogP contribution in [0.5, 0.6) is 5.75 Å². The number of carbonyl (C=O) groups is 2. The van der Waals surface area contributed by atoms with Gasteiger partial charge in [-0.3, -0.25) is 4.79 Å². The molecule has 0 bridgehead atoms. The lowest BCUT2D eigenvalue weighted by Gasteiger charge is -2.35. The number of benzene rings is 2. The first-order valence-electron chi connectivity index (χ1n) is 13.4. The molecule has 2 aromatic rings. The highest BCUT2D eigenvalue weighted by Crippen LogP contribution is 2.37. The van der Waals surface area contributed by atoms with Crippen LogP contribution in [0.25, 0.3) is 0 Å². The summed E-state index contributed by atoms with van der Waals surface area (Å²) in [5, 5.41) is 9.74. The van der Waals surface area contributed by atoms with E-state index in [1.165, 1.54) is 22.4 Å². The fourth-order valence-electron chi connectivity index (χ4n) is 5.28. The fourth-order valence-corrected chi connectivity index (χ4v) is 5.28. The van der Waals surface area contributed by atoms with Crippen LogP contribution >= 0.6 is 0 Å². The Morgan fingerprint density at radius 3 is 2.50 bits per heavy atom. The molecule has 0 aromatic heterocycles. The zero-order valence-corrected chi connectivity index (χ0v) is 22.0. The minimum absolute atomic E-state index is 0.243. The average Bonchev–Trinajstić information content (AvgIpc) is 2.82. The molecule has 0 fully saturated rings.